The monoisotopic (exact) mass is 233 g/mol. The van der Waals surface area contributed by atoms with Crippen LogP contribution >= 0.6 is 0 Å². The molecule has 0 saturated heterocycles. The summed E-state index contributed by atoms with van der Waals surface area (Å²) < 4.78 is 1.63. The molecule has 0 N–H and O–H groups in total. The van der Waals surface area contributed by atoms with Crippen molar-refractivity contribution in [1.29, 1.82) is 5.26 Å². The molecule has 0 fully saturated rings. The first-order chi connectivity index (χ1) is 6.50. The van der Waals surface area contributed by atoms with E-state index in [9.17, 15) is 14.7 Å². The number of hydrogen-bond donors (Lipinski definition) is 0. The standard InChI is InChI=1S/C8H9N3O3.K/c1-10-6(12)5(3-4-9)7(13)11(2)8(10)14;/h12H,3H2,1-2H3;/q;+1/p-1. The summed E-state index contributed by atoms with van der Waals surface area (Å²) in [7, 11) is 2.54. The summed E-state index contributed by atoms with van der Waals surface area (Å²) in [5, 5.41) is 19.7. The van der Waals surface area contributed by atoms with Gasteiger partial charge in [0, 0.05) is 19.7 Å². The molecule has 0 radical (unpaired) electrons. The van der Waals surface area contributed by atoms with Gasteiger partial charge in [-0.3, -0.25) is 9.36 Å². The Kier molecular flexibility index (Phi) is 5.48. The zero-order valence-electron chi connectivity index (χ0n) is 8.77. The summed E-state index contributed by atoms with van der Waals surface area (Å²) in [5.74, 6) is -0.695. The van der Waals surface area contributed by atoms with Crippen molar-refractivity contribution in [2.75, 3.05) is 0 Å². The van der Waals surface area contributed by atoms with Crippen LogP contribution in [0.25, 0.3) is 0 Å². The van der Waals surface area contributed by atoms with Gasteiger partial charge < -0.3 is 9.67 Å². The fourth-order valence-corrected chi connectivity index (χ4v) is 1.13. The first-order valence-electron chi connectivity index (χ1n) is 3.83. The van der Waals surface area contributed by atoms with E-state index in [2.05, 4.69) is 0 Å². The van der Waals surface area contributed by atoms with Crippen molar-refractivity contribution in [1.82, 2.24) is 9.13 Å². The molecule has 0 aromatic carbocycles. The van der Waals surface area contributed by atoms with E-state index < -0.39 is 17.1 Å². The predicted molar refractivity (Wildman–Crippen MR) is 45.7 cm³/mol. The van der Waals surface area contributed by atoms with E-state index >= 15 is 0 Å². The smallest absolute Gasteiger partial charge is 0.860 e. The molecule has 74 valence electrons. The molecule has 0 aliphatic carbocycles. The van der Waals surface area contributed by atoms with Crippen LogP contribution in [-0.2, 0) is 20.5 Å². The van der Waals surface area contributed by atoms with Crippen molar-refractivity contribution in [3.05, 3.63) is 26.4 Å². The van der Waals surface area contributed by atoms with Crippen LogP contribution < -0.4 is 67.7 Å². The maximum atomic E-state index is 11.4. The Hall–Kier alpha value is -0.394. The van der Waals surface area contributed by atoms with Crippen LogP contribution in [0.4, 0.5) is 0 Å². The predicted octanol–water partition coefficient (Wildman–Crippen LogP) is -4.77. The molecule has 0 atom stereocenters. The van der Waals surface area contributed by atoms with Crippen LogP contribution in [0.15, 0.2) is 9.59 Å². The first-order valence-corrected chi connectivity index (χ1v) is 3.83. The topological polar surface area (TPSA) is 90.8 Å². The van der Waals surface area contributed by atoms with Crippen molar-refractivity contribution in [3.63, 3.8) is 0 Å². The van der Waals surface area contributed by atoms with Crippen LogP contribution in [0.2, 0.25) is 0 Å². The molecule has 1 aromatic heterocycles. The summed E-state index contributed by atoms with van der Waals surface area (Å²) in [6, 6.07) is 1.71. The minimum Gasteiger partial charge on any atom is -0.860 e. The van der Waals surface area contributed by atoms with Crippen LogP contribution in [-0.4, -0.2) is 9.13 Å². The Morgan fingerprint density at radius 3 is 2.33 bits per heavy atom. The number of rotatable bonds is 1. The van der Waals surface area contributed by atoms with Gasteiger partial charge in [0.15, 0.2) is 0 Å². The molecule has 6 nitrogen and oxygen atoms in total. The molecule has 0 bridgehead atoms. The Morgan fingerprint density at radius 2 is 1.87 bits per heavy atom. The van der Waals surface area contributed by atoms with E-state index in [0.717, 1.165) is 9.13 Å². The second-order valence-electron chi connectivity index (χ2n) is 2.82. The normalized spacial score (nSPS) is 9.13. The average molecular weight is 233 g/mol. The van der Waals surface area contributed by atoms with Gasteiger partial charge in [-0.05, 0) is 5.88 Å². The fourth-order valence-electron chi connectivity index (χ4n) is 1.13. The number of hydrogen-bond acceptors (Lipinski definition) is 4. The van der Waals surface area contributed by atoms with E-state index in [1.807, 2.05) is 0 Å². The molecule has 0 amide bonds. The van der Waals surface area contributed by atoms with Gasteiger partial charge in [0.1, 0.15) is 0 Å². The van der Waals surface area contributed by atoms with Crippen LogP contribution in [0.3, 0.4) is 0 Å². The molecule has 1 aromatic rings. The Bertz CT molecular complexity index is 524. The molecular weight excluding hydrogens is 225 g/mol. The second kappa shape index (κ2) is 5.63. The van der Waals surface area contributed by atoms with Gasteiger partial charge >= 0.3 is 57.1 Å². The largest absolute Gasteiger partial charge is 1.00 e. The molecule has 0 unspecified atom stereocenters. The summed E-state index contributed by atoms with van der Waals surface area (Å²) in [6.45, 7) is 0. The third-order valence-corrected chi connectivity index (χ3v) is 1.96. The van der Waals surface area contributed by atoms with Gasteiger partial charge in [-0.25, -0.2) is 4.79 Å². The van der Waals surface area contributed by atoms with Crippen molar-refractivity contribution in [3.8, 4) is 11.9 Å². The molecule has 15 heavy (non-hydrogen) atoms. The third-order valence-electron chi connectivity index (χ3n) is 1.96. The van der Waals surface area contributed by atoms with E-state index in [4.69, 9.17) is 5.26 Å². The maximum Gasteiger partial charge on any atom is 1.00 e. The van der Waals surface area contributed by atoms with Gasteiger partial charge in [0.2, 0.25) is 0 Å². The Balaban J connectivity index is 0.00000196. The third kappa shape index (κ3) is 2.59. The van der Waals surface area contributed by atoms with Gasteiger partial charge in [-0.2, -0.15) is 5.26 Å². The fraction of sp³-hybridized carbons (Fsp3) is 0.375. The molecule has 0 aliphatic heterocycles. The van der Waals surface area contributed by atoms with Gasteiger partial charge in [0.05, 0.1) is 12.5 Å². The van der Waals surface area contributed by atoms with E-state index in [0.29, 0.717) is 0 Å². The molecule has 0 spiro atoms. The van der Waals surface area contributed by atoms with Gasteiger partial charge in [0.25, 0.3) is 5.56 Å². The summed E-state index contributed by atoms with van der Waals surface area (Å²) in [5.41, 5.74) is -1.54. The van der Waals surface area contributed by atoms with Gasteiger partial charge in [-0.15, -0.1) is 0 Å². The van der Waals surface area contributed by atoms with Gasteiger partial charge in [-0.1, -0.05) is 0 Å². The zero-order valence-corrected chi connectivity index (χ0v) is 11.9. The average Bonchev–Trinajstić information content (AvgIpc) is 2.19. The maximum absolute atomic E-state index is 11.4. The SMILES string of the molecule is Cn1c([O-])c(CC#N)c(=O)n(C)c1=O.[K+]. The summed E-state index contributed by atoms with van der Waals surface area (Å²) >= 11 is 0. The van der Waals surface area contributed by atoms with E-state index in [1.54, 1.807) is 6.07 Å². The first kappa shape index (κ1) is 14.6. The summed E-state index contributed by atoms with van der Waals surface area (Å²) in [4.78, 5) is 22.6. The molecule has 0 aliphatic rings. The number of nitriles is 1. The van der Waals surface area contributed by atoms with E-state index in [-0.39, 0.29) is 63.4 Å². The Labute approximate surface area is 128 Å². The van der Waals surface area contributed by atoms with E-state index in [1.165, 1.54) is 14.1 Å². The Morgan fingerprint density at radius 1 is 1.33 bits per heavy atom. The molecule has 7 heteroatoms. The quantitative estimate of drug-likeness (QED) is 0.455. The van der Waals surface area contributed by atoms with Crippen LogP contribution in [0, 0.1) is 11.3 Å². The van der Waals surface area contributed by atoms with Crippen LogP contribution in [0.1, 0.15) is 5.56 Å². The molecule has 1 rings (SSSR count). The number of aromatic nitrogens is 2. The molecule has 0 saturated carbocycles. The number of nitrogens with zero attached hydrogens (tertiary/aromatic N) is 3. The molecular formula is C8H8KN3O3. The minimum atomic E-state index is -0.695. The van der Waals surface area contributed by atoms with Crippen molar-refractivity contribution >= 4 is 0 Å². The molecule has 1 heterocycles. The zero-order chi connectivity index (χ0) is 10.9. The second-order valence-corrected chi connectivity index (χ2v) is 2.82. The van der Waals surface area contributed by atoms with Crippen molar-refractivity contribution in [2.45, 2.75) is 6.42 Å². The summed E-state index contributed by atoms with van der Waals surface area (Å²) in [6.07, 6.45) is -0.278. The van der Waals surface area contributed by atoms with Crippen molar-refractivity contribution < 1.29 is 56.5 Å². The van der Waals surface area contributed by atoms with Crippen LogP contribution in [0.5, 0.6) is 5.88 Å². The minimum absolute atomic E-state index is 0. The van der Waals surface area contributed by atoms with Crippen molar-refractivity contribution in [2.24, 2.45) is 14.1 Å².